The Morgan fingerprint density at radius 3 is 2.58 bits per heavy atom. The fraction of sp³-hybridized carbons (Fsp3) is 0.571. The van der Waals surface area contributed by atoms with Crippen LogP contribution in [-0.4, -0.2) is 11.5 Å². The molecule has 0 heterocycles. The molecule has 0 aliphatic rings. The molecule has 5 heteroatoms. The van der Waals surface area contributed by atoms with Crippen LogP contribution in [0.2, 0.25) is 0 Å². The van der Waals surface area contributed by atoms with Gasteiger partial charge in [-0.15, -0.1) is 0 Å². The van der Waals surface area contributed by atoms with E-state index < -0.39 is 0 Å². The van der Waals surface area contributed by atoms with Crippen LogP contribution < -0.4 is 5.32 Å². The topological polar surface area (TPSA) is 55.2 Å². The average Bonchev–Trinajstić information content (AvgIpc) is 2.29. The van der Waals surface area contributed by atoms with Gasteiger partial charge in [-0.25, -0.2) is 0 Å². The molecule has 106 valence electrons. The van der Waals surface area contributed by atoms with Crippen molar-refractivity contribution in [3.63, 3.8) is 0 Å². The lowest BCUT2D eigenvalue weighted by atomic mass is 9.82. The largest absolute Gasteiger partial charge is 0.312 e. The predicted octanol–water partition coefficient (Wildman–Crippen LogP) is 4.13. The molecule has 1 unspecified atom stereocenters. The number of nitrogens with one attached hydrogen (secondary N) is 1. The molecule has 0 aliphatic heterocycles. The second-order valence-electron chi connectivity index (χ2n) is 5.93. The van der Waals surface area contributed by atoms with Gasteiger partial charge in [-0.05, 0) is 30.0 Å². The number of hydrogen-bond acceptors (Lipinski definition) is 3. The molecular formula is C14H21BrN2O2. The molecule has 1 aromatic carbocycles. The van der Waals surface area contributed by atoms with E-state index in [1.54, 1.807) is 12.1 Å². The molecule has 0 aliphatic carbocycles. The van der Waals surface area contributed by atoms with Gasteiger partial charge in [0.25, 0.3) is 5.69 Å². The molecule has 0 aromatic heterocycles. The maximum absolute atomic E-state index is 11.0. The Morgan fingerprint density at radius 2 is 2.05 bits per heavy atom. The van der Waals surface area contributed by atoms with Gasteiger partial charge in [-0.1, -0.05) is 43.6 Å². The van der Waals surface area contributed by atoms with Crippen molar-refractivity contribution in [3.05, 3.63) is 38.3 Å². The quantitative estimate of drug-likeness (QED) is 0.653. The van der Waals surface area contributed by atoms with Crippen molar-refractivity contribution < 1.29 is 4.92 Å². The number of nitro benzene ring substituents is 1. The molecule has 0 saturated carbocycles. The zero-order valence-corrected chi connectivity index (χ0v) is 13.5. The molecule has 0 bridgehead atoms. The average molecular weight is 329 g/mol. The molecule has 19 heavy (non-hydrogen) atoms. The van der Waals surface area contributed by atoms with Crippen molar-refractivity contribution in [2.24, 2.45) is 11.3 Å². The Bertz CT molecular complexity index is 455. The maximum Gasteiger partial charge on any atom is 0.275 e. The standard InChI is InChI=1S/C14H21BrN2O2/c1-10(14(2,3)4)8-16-9-11-5-6-12(15)7-13(11)17(18)19/h5-7,10,16H,8-9H2,1-4H3. The summed E-state index contributed by atoms with van der Waals surface area (Å²) in [5.74, 6) is 0.502. The van der Waals surface area contributed by atoms with Crippen molar-refractivity contribution >= 4 is 21.6 Å². The van der Waals surface area contributed by atoms with Crippen LogP contribution >= 0.6 is 15.9 Å². The number of benzene rings is 1. The summed E-state index contributed by atoms with van der Waals surface area (Å²) in [5, 5.41) is 14.3. The molecule has 0 radical (unpaired) electrons. The predicted molar refractivity (Wildman–Crippen MR) is 81.1 cm³/mol. The summed E-state index contributed by atoms with van der Waals surface area (Å²) >= 11 is 3.26. The van der Waals surface area contributed by atoms with Gasteiger partial charge in [-0.3, -0.25) is 10.1 Å². The molecule has 0 fully saturated rings. The van der Waals surface area contributed by atoms with E-state index in [2.05, 4.69) is 48.9 Å². The van der Waals surface area contributed by atoms with E-state index in [1.807, 2.05) is 6.07 Å². The second-order valence-corrected chi connectivity index (χ2v) is 6.84. The molecular weight excluding hydrogens is 308 g/mol. The highest BCUT2D eigenvalue weighted by Gasteiger charge is 2.20. The highest BCUT2D eigenvalue weighted by atomic mass is 79.9. The number of nitro groups is 1. The molecule has 1 N–H and O–H groups in total. The molecule has 1 aromatic rings. The van der Waals surface area contributed by atoms with E-state index in [9.17, 15) is 10.1 Å². The number of hydrogen-bond donors (Lipinski definition) is 1. The minimum Gasteiger partial charge on any atom is -0.312 e. The first-order valence-electron chi connectivity index (χ1n) is 6.35. The van der Waals surface area contributed by atoms with Gasteiger partial charge in [-0.2, -0.15) is 0 Å². The molecule has 4 nitrogen and oxygen atoms in total. The summed E-state index contributed by atoms with van der Waals surface area (Å²) in [5.41, 5.74) is 1.11. The van der Waals surface area contributed by atoms with Crippen molar-refractivity contribution in [1.29, 1.82) is 0 Å². The van der Waals surface area contributed by atoms with Gasteiger partial charge in [0.2, 0.25) is 0 Å². The van der Waals surface area contributed by atoms with E-state index in [4.69, 9.17) is 0 Å². The Morgan fingerprint density at radius 1 is 1.42 bits per heavy atom. The minimum atomic E-state index is -0.338. The van der Waals surface area contributed by atoms with Crippen LogP contribution in [0.25, 0.3) is 0 Å². The van der Waals surface area contributed by atoms with Crippen LogP contribution in [0, 0.1) is 21.4 Å². The van der Waals surface area contributed by atoms with Gasteiger partial charge in [0, 0.05) is 22.6 Å². The lowest BCUT2D eigenvalue weighted by Crippen LogP contribution is -2.29. The van der Waals surface area contributed by atoms with Crippen LogP contribution in [-0.2, 0) is 6.54 Å². The summed E-state index contributed by atoms with van der Waals surface area (Å²) < 4.78 is 0.728. The molecule has 1 atom stereocenters. The minimum absolute atomic E-state index is 0.158. The van der Waals surface area contributed by atoms with Gasteiger partial charge < -0.3 is 5.32 Å². The number of rotatable bonds is 5. The van der Waals surface area contributed by atoms with Gasteiger partial charge in [0.15, 0.2) is 0 Å². The first-order chi connectivity index (χ1) is 8.71. The van der Waals surface area contributed by atoms with Crippen molar-refractivity contribution in [1.82, 2.24) is 5.32 Å². The third kappa shape index (κ3) is 4.91. The van der Waals surface area contributed by atoms with Crippen molar-refractivity contribution in [2.75, 3.05) is 6.54 Å². The monoisotopic (exact) mass is 328 g/mol. The lowest BCUT2D eigenvalue weighted by molar-refractivity contribution is -0.385. The second kappa shape index (κ2) is 6.48. The SMILES string of the molecule is CC(CNCc1ccc(Br)cc1[N+](=O)[O-])C(C)(C)C. The fourth-order valence-electron chi connectivity index (χ4n) is 1.59. The third-order valence-electron chi connectivity index (χ3n) is 3.49. The third-order valence-corrected chi connectivity index (χ3v) is 3.98. The fourth-order valence-corrected chi connectivity index (χ4v) is 1.93. The molecule has 0 amide bonds. The van der Waals surface area contributed by atoms with Gasteiger partial charge >= 0.3 is 0 Å². The summed E-state index contributed by atoms with van der Waals surface area (Å²) in [7, 11) is 0. The van der Waals surface area contributed by atoms with E-state index >= 15 is 0 Å². The normalized spacial score (nSPS) is 13.3. The van der Waals surface area contributed by atoms with Crippen LogP contribution in [0.5, 0.6) is 0 Å². The Balaban J connectivity index is 2.66. The Labute approximate surface area is 122 Å². The Kier molecular flexibility index (Phi) is 5.50. The summed E-state index contributed by atoms with van der Waals surface area (Å²) in [6, 6.07) is 5.17. The zero-order chi connectivity index (χ0) is 14.6. The van der Waals surface area contributed by atoms with Crippen LogP contribution in [0.3, 0.4) is 0 Å². The van der Waals surface area contributed by atoms with Crippen LogP contribution in [0.15, 0.2) is 22.7 Å². The highest BCUT2D eigenvalue weighted by molar-refractivity contribution is 9.10. The van der Waals surface area contributed by atoms with E-state index in [1.165, 1.54) is 0 Å². The summed E-state index contributed by atoms with van der Waals surface area (Å²) in [6.07, 6.45) is 0. The number of nitrogens with zero attached hydrogens (tertiary/aromatic N) is 1. The Hall–Kier alpha value is -0.940. The molecule has 1 rings (SSSR count). The van der Waals surface area contributed by atoms with Gasteiger partial charge in [0.05, 0.1) is 4.92 Å². The van der Waals surface area contributed by atoms with E-state index in [0.29, 0.717) is 18.0 Å². The van der Waals surface area contributed by atoms with Crippen LogP contribution in [0.1, 0.15) is 33.3 Å². The zero-order valence-electron chi connectivity index (χ0n) is 11.9. The van der Waals surface area contributed by atoms with E-state index in [-0.39, 0.29) is 16.0 Å². The van der Waals surface area contributed by atoms with Crippen molar-refractivity contribution in [3.8, 4) is 0 Å². The first-order valence-corrected chi connectivity index (χ1v) is 7.14. The number of halogens is 1. The summed E-state index contributed by atoms with van der Waals surface area (Å²) in [6.45, 7) is 10.1. The summed E-state index contributed by atoms with van der Waals surface area (Å²) in [4.78, 5) is 10.6. The van der Waals surface area contributed by atoms with Crippen LogP contribution in [0.4, 0.5) is 5.69 Å². The highest BCUT2D eigenvalue weighted by Crippen LogP contribution is 2.26. The molecule has 0 saturated heterocycles. The first kappa shape index (κ1) is 16.1. The lowest BCUT2D eigenvalue weighted by Gasteiger charge is -2.27. The smallest absolute Gasteiger partial charge is 0.275 e. The van der Waals surface area contributed by atoms with E-state index in [0.717, 1.165) is 11.0 Å². The van der Waals surface area contributed by atoms with Gasteiger partial charge in [0.1, 0.15) is 0 Å². The van der Waals surface area contributed by atoms with Crippen molar-refractivity contribution in [2.45, 2.75) is 34.2 Å². The maximum atomic E-state index is 11.0. The molecule has 0 spiro atoms.